The molecule has 3 heterocycles. The summed E-state index contributed by atoms with van der Waals surface area (Å²) in [4.78, 5) is 39.7. The van der Waals surface area contributed by atoms with Gasteiger partial charge in [0.1, 0.15) is 5.69 Å². The topological polar surface area (TPSA) is 103 Å². The van der Waals surface area contributed by atoms with E-state index in [9.17, 15) is 14.4 Å². The van der Waals surface area contributed by atoms with Crippen LogP contribution in [0.25, 0.3) is 0 Å². The Morgan fingerprint density at radius 3 is 2.59 bits per heavy atom. The van der Waals surface area contributed by atoms with Crippen LogP contribution < -0.4 is 5.32 Å². The average molecular weight is 511 g/mol. The van der Waals surface area contributed by atoms with Gasteiger partial charge in [-0.25, -0.2) is 4.79 Å². The average Bonchev–Trinajstić information content (AvgIpc) is 3.14. The number of ether oxygens (including phenoxy) is 2. The number of rotatable bonds is 7. The van der Waals surface area contributed by atoms with Crippen molar-refractivity contribution in [1.82, 2.24) is 20.0 Å². The Kier molecular flexibility index (Phi) is 7.73. The van der Waals surface area contributed by atoms with Crippen LogP contribution in [-0.2, 0) is 28.9 Å². The smallest absolute Gasteiger partial charge is 0.338 e. The molecule has 0 unspecified atom stereocenters. The number of aromatic nitrogens is 2. The molecule has 0 saturated carbocycles. The number of nitrogens with zero attached hydrogens (tertiary/aromatic N) is 3. The molecule has 2 amide bonds. The summed E-state index contributed by atoms with van der Waals surface area (Å²) in [7, 11) is 3.34. The van der Waals surface area contributed by atoms with Crippen LogP contribution in [0.3, 0.4) is 0 Å². The van der Waals surface area contributed by atoms with Gasteiger partial charge in [0.25, 0.3) is 11.8 Å². The predicted molar refractivity (Wildman–Crippen MR) is 139 cm³/mol. The minimum atomic E-state index is -0.472. The van der Waals surface area contributed by atoms with Crippen LogP contribution in [-0.4, -0.2) is 72.9 Å². The highest BCUT2D eigenvalue weighted by atomic mass is 16.5. The van der Waals surface area contributed by atoms with E-state index in [1.54, 1.807) is 43.0 Å². The Hall–Kier alpha value is -3.20. The first-order chi connectivity index (χ1) is 17.5. The highest BCUT2D eigenvalue weighted by Gasteiger charge is 2.40. The Labute approximate surface area is 218 Å². The maximum atomic E-state index is 13.1. The lowest BCUT2D eigenvalue weighted by Crippen LogP contribution is -2.40. The molecule has 9 heteroatoms. The third-order valence-electron chi connectivity index (χ3n) is 7.37. The molecule has 2 aliphatic rings. The van der Waals surface area contributed by atoms with Gasteiger partial charge in [0.15, 0.2) is 0 Å². The first kappa shape index (κ1) is 26.9. The van der Waals surface area contributed by atoms with Crippen molar-refractivity contribution >= 4 is 17.8 Å². The SMILES string of the molecule is CCn1nc(CC(C)(C)COC(=O)c2cccc(C(=O)N(C)C)c2)c2c1C(=O)NCC1(CCOCC1)C2. The van der Waals surface area contributed by atoms with Gasteiger partial charge in [0.2, 0.25) is 0 Å². The summed E-state index contributed by atoms with van der Waals surface area (Å²) in [5, 5.41) is 7.98. The van der Waals surface area contributed by atoms with E-state index in [4.69, 9.17) is 14.6 Å². The molecule has 0 aliphatic carbocycles. The van der Waals surface area contributed by atoms with Crippen LogP contribution in [0.5, 0.6) is 0 Å². The molecule has 0 radical (unpaired) electrons. The summed E-state index contributed by atoms with van der Waals surface area (Å²) >= 11 is 0. The monoisotopic (exact) mass is 510 g/mol. The zero-order valence-electron chi connectivity index (χ0n) is 22.6. The lowest BCUT2D eigenvalue weighted by molar-refractivity contribution is 0.0159. The van der Waals surface area contributed by atoms with E-state index in [0.717, 1.165) is 30.5 Å². The van der Waals surface area contributed by atoms with Gasteiger partial charge >= 0.3 is 5.97 Å². The summed E-state index contributed by atoms with van der Waals surface area (Å²) in [6.07, 6.45) is 3.15. The van der Waals surface area contributed by atoms with Crippen LogP contribution in [0.15, 0.2) is 24.3 Å². The van der Waals surface area contributed by atoms with Gasteiger partial charge in [0.05, 0.1) is 17.9 Å². The van der Waals surface area contributed by atoms with Gasteiger partial charge in [-0.2, -0.15) is 5.10 Å². The normalized spacial score (nSPS) is 17.1. The Balaban J connectivity index is 1.51. The third-order valence-corrected chi connectivity index (χ3v) is 7.37. The fourth-order valence-corrected chi connectivity index (χ4v) is 5.19. The summed E-state index contributed by atoms with van der Waals surface area (Å²) < 4.78 is 13.1. The zero-order valence-corrected chi connectivity index (χ0v) is 22.6. The van der Waals surface area contributed by atoms with Gasteiger partial charge in [-0.3, -0.25) is 14.3 Å². The number of nitrogens with one attached hydrogen (secondary N) is 1. The quantitative estimate of drug-likeness (QED) is 0.574. The standard InChI is InChI=1S/C28H38N4O5/c1-6-32-23-21(15-28(17-29-24(23)33)10-12-36-13-11-28)22(30-32)16-27(2,3)18-37-26(35)20-9-7-8-19(14-20)25(34)31(4)5/h7-9,14H,6,10-13,15-18H2,1-5H3,(H,29,33). The van der Waals surface area contributed by atoms with E-state index in [2.05, 4.69) is 5.32 Å². The van der Waals surface area contributed by atoms with E-state index in [0.29, 0.717) is 49.5 Å². The molecule has 1 N–H and O–H groups in total. The summed E-state index contributed by atoms with van der Waals surface area (Å²) in [5.74, 6) is -0.719. The second-order valence-electron chi connectivity index (χ2n) is 11.3. The Morgan fingerprint density at radius 2 is 1.92 bits per heavy atom. The number of aryl methyl sites for hydroxylation is 1. The number of esters is 1. The first-order valence-electron chi connectivity index (χ1n) is 13.0. The Bertz CT molecular complexity index is 1180. The second-order valence-corrected chi connectivity index (χ2v) is 11.3. The fraction of sp³-hybridized carbons (Fsp3) is 0.571. The number of hydrogen-bond donors (Lipinski definition) is 1. The van der Waals surface area contributed by atoms with E-state index < -0.39 is 11.4 Å². The van der Waals surface area contributed by atoms with Gasteiger partial charge < -0.3 is 19.7 Å². The summed E-state index contributed by atoms with van der Waals surface area (Å²) in [6.45, 7) is 8.87. The van der Waals surface area contributed by atoms with Crippen LogP contribution in [0, 0.1) is 10.8 Å². The van der Waals surface area contributed by atoms with Crippen LogP contribution in [0.2, 0.25) is 0 Å². The van der Waals surface area contributed by atoms with Gasteiger partial charge in [0, 0.05) is 63.4 Å². The molecule has 1 saturated heterocycles. The molecule has 1 spiro atoms. The van der Waals surface area contributed by atoms with E-state index >= 15 is 0 Å². The molecule has 1 aromatic carbocycles. The van der Waals surface area contributed by atoms with Gasteiger partial charge in [-0.15, -0.1) is 0 Å². The molecule has 37 heavy (non-hydrogen) atoms. The minimum Gasteiger partial charge on any atom is -0.462 e. The molecule has 2 aromatic rings. The van der Waals surface area contributed by atoms with E-state index in [1.807, 2.05) is 20.8 Å². The number of carbonyl (C=O) groups is 3. The molecule has 4 rings (SSSR count). The minimum absolute atomic E-state index is 0.0267. The highest BCUT2D eigenvalue weighted by molar-refractivity contribution is 5.97. The van der Waals surface area contributed by atoms with Crippen molar-refractivity contribution in [2.24, 2.45) is 10.8 Å². The molecule has 1 fully saturated rings. The maximum absolute atomic E-state index is 13.1. The van der Waals surface area contributed by atoms with Gasteiger partial charge in [-0.05, 0) is 49.8 Å². The van der Waals surface area contributed by atoms with Crippen molar-refractivity contribution in [3.8, 4) is 0 Å². The van der Waals surface area contributed by atoms with Crippen molar-refractivity contribution in [2.45, 2.75) is 53.0 Å². The lowest BCUT2D eigenvalue weighted by atomic mass is 9.74. The van der Waals surface area contributed by atoms with Crippen LogP contribution >= 0.6 is 0 Å². The maximum Gasteiger partial charge on any atom is 0.338 e. The van der Waals surface area contributed by atoms with Crippen molar-refractivity contribution in [1.29, 1.82) is 0 Å². The number of benzene rings is 1. The zero-order chi connectivity index (χ0) is 26.8. The number of amides is 2. The van der Waals surface area contributed by atoms with Crippen molar-refractivity contribution in [2.75, 3.05) is 40.5 Å². The molecular formula is C28H38N4O5. The first-order valence-corrected chi connectivity index (χ1v) is 13.0. The largest absolute Gasteiger partial charge is 0.462 e. The summed E-state index contributed by atoms with van der Waals surface area (Å²) in [6, 6.07) is 6.57. The number of carbonyl (C=O) groups excluding carboxylic acids is 3. The van der Waals surface area contributed by atoms with Crippen LogP contribution in [0.1, 0.15) is 76.1 Å². The van der Waals surface area contributed by atoms with E-state index in [-0.39, 0.29) is 23.8 Å². The van der Waals surface area contributed by atoms with E-state index in [1.165, 1.54) is 4.90 Å². The van der Waals surface area contributed by atoms with Crippen molar-refractivity contribution in [3.05, 3.63) is 52.3 Å². The summed E-state index contributed by atoms with van der Waals surface area (Å²) in [5.41, 5.74) is 2.88. The molecular weight excluding hydrogens is 472 g/mol. The van der Waals surface area contributed by atoms with Crippen molar-refractivity contribution in [3.63, 3.8) is 0 Å². The molecule has 0 bridgehead atoms. The van der Waals surface area contributed by atoms with Crippen LogP contribution in [0.4, 0.5) is 0 Å². The van der Waals surface area contributed by atoms with Crippen molar-refractivity contribution < 1.29 is 23.9 Å². The molecule has 0 atom stereocenters. The molecule has 2 aliphatic heterocycles. The fourth-order valence-electron chi connectivity index (χ4n) is 5.19. The highest BCUT2D eigenvalue weighted by Crippen LogP contribution is 2.38. The molecule has 1 aromatic heterocycles. The number of hydrogen-bond acceptors (Lipinski definition) is 6. The second kappa shape index (κ2) is 10.7. The molecule has 9 nitrogen and oxygen atoms in total. The predicted octanol–water partition coefficient (Wildman–Crippen LogP) is 3.11. The van der Waals surface area contributed by atoms with Gasteiger partial charge in [-0.1, -0.05) is 19.9 Å². The number of fused-ring (bicyclic) bond motifs is 1. The lowest BCUT2D eigenvalue weighted by Gasteiger charge is -2.36. The molecule has 200 valence electrons. The Morgan fingerprint density at radius 1 is 1.22 bits per heavy atom. The third kappa shape index (κ3) is 5.87.